The predicted octanol–water partition coefficient (Wildman–Crippen LogP) is 5.20. The lowest BCUT2D eigenvalue weighted by atomic mass is 9.99. The fraction of sp³-hybridized carbons (Fsp3) is 0.143. The zero-order valence-electron chi connectivity index (χ0n) is 10.1. The van der Waals surface area contributed by atoms with Crippen molar-refractivity contribution in [2.45, 2.75) is 6.04 Å². The molecule has 2 aromatic rings. The average molecular weight is 363 g/mol. The fourth-order valence-corrected chi connectivity index (χ4v) is 2.61. The summed E-state index contributed by atoms with van der Waals surface area (Å²) >= 11 is 15.1. The van der Waals surface area contributed by atoms with Crippen LogP contribution in [-0.2, 0) is 0 Å². The third kappa shape index (κ3) is 3.29. The van der Waals surface area contributed by atoms with Crippen molar-refractivity contribution in [2.75, 3.05) is 7.05 Å². The van der Waals surface area contributed by atoms with Crippen LogP contribution in [-0.4, -0.2) is 7.05 Å². The van der Waals surface area contributed by atoms with Crippen molar-refractivity contribution >= 4 is 39.1 Å². The predicted molar refractivity (Wildman–Crippen MR) is 81.5 cm³/mol. The van der Waals surface area contributed by atoms with E-state index in [0.29, 0.717) is 14.5 Å². The summed E-state index contributed by atoms with van der Waals surface area (Å²) in [6, 6.07) is 10.3. The first kappa shape index (κ1) is 14.8. The lowest BCUT2D eigenvalue weighted by Crippen LogP contribution is -2.17. The molecule has 19 heavy (non-hydrogen) atoms. The minimum atomic E-state index is -0.284. The van der Waals surface area contributed by atoms with Crippen molar-refractivity contribution in [3.63, 3.8) is 0 Å². The van der Waals surface area contributed by atoms with Gasteiger partial charge >= 0.3 is 0 Å². The quantitative estimate of drug-likeness (QED) is 0.790. The third-order valence-corrected chi connectivity index (χ3v) is 4.19. The molecule has 0 aromatic heterocycles. The van der Waals surface area contributed by atoms with Crippen LogP contribution in [0.1, 0.15) is 17.2 Å². The standard InChI is InChI=1S/C14H11BrCl2FN/c1-19-14(8-3-5-13(18)10(15)6-8)9-2-4-11(16)12(17)7-9/h2-7,14,19H,1H3. The van der Waals surface area contributed by atoms with Crippen molar-refractivity contribution in [3.05, 3.63) is 67.9 Å². The summed E-state index contributed by atoms with van der Waals surface area (Å²) in [4.78, 5) is 0. The van der Waals surface area contributed by atoms with E-state index in [1.54, 1.807) is 18.2 Å². The summed E-state index contributed by atoms with van der Waals surface area (Å²) < 4.78 is 13.7. The molecule has 1 unspecified atom stereocenters. The zero-order valence-corrected chi connectivity index (χ0v) is 13.2. The normalized spacial score (nSPS) is 12.5. The molecule has 1 N–H and O–H groups in total. The highest BCUT2D eigenvalue weighted by Crippen LogP contribution is 2.30. The highest BCUT2D eigenvalue weighted by atomic mass is 79.9. The molecule has 0 saturated heterocycles. The minimum absolute atomic E-state index is 0.0772. The molecular weight excluding hydrogens is 352 g/mol. The van der Waals surface area contributed by atoms with Crippen LogP contribution in [0.15, 0.2) is 40.9 Å². The second-order valence-corrected chi connectivity index (χ2v) is 5.74. The van der Waals surface area contributed by atoms with Crippen LogP contribution in [0.2, 0.25) is 10.0 Å². The number of benzene rings is 2. The molecule has 0 aliphatic rings. The van der Waals surface area contributed by atoms with E-state index in [9.17, 15) is 4.39 Å². The largest absolute Gasteiger partial charge is 0.309 e. The molecular formula is C14H11BrCl2FN. The van der Waals surface area contributed by atoms with Gasteiger partial charge in [-0.2, -0.15) is 0 Å². The molecule has 2 aromatic carbocycles. The van der Waals surface area contributed by atoms with Gasteiger partial charge in [0.25, 0.3) is 0 Å². The SMILES string of the molecule is CNC(c1ccc(Cl)c(Cl)c1)c1ccc(F)c(Br)c1. The number of nitrogens with one attached hydrogen (secondary N) is 1. The molecule has 1 atom stereocenters. The van der Waals surface area contributed by atoms with E-state index in [0.717, 1.165) is 11.1 Å². The zero-order chi connectivity index (χ0) is 14.0. The van der Waals surface area contributed by atoms with E-state index >= 15 is 0 Å². The van der Waals surface area contributed by atoms with Crippen molar-refractivity contribution < 1.29 is 4.39 Å². The third-order valence-electron chi connectivity index (χ3n) is 2.84. The molecule has 0 amide bonds. The number of halogens is 4. The van der Waals surface area contributed by atoms with Crippen LogP contribution < -0.4 is 5.32 Å². The Kier molecular flexibility index (Phi) is 4.85. The van der Waals surface area contributed by atoms with Gasteiger partial charge in [-0.05, 0) is 58.4 Å². The van der Waals surface area contributed by atoms with E-state index in [-0.39, 0.29) is 11.9 Å². The summed E-state index contributed by atoms with van der Waals surface area (Å²) in [6.45, 7) is 0. The Bertz CT molecular complexity index is 552. The van der Waals surface area contributed by atoms with Gasteiger partial charge in [0.1, 0.15) is 5.82 Å². The lowest BCUT2D eigenvalue weighted by Gasteiger charge is -2.18. The van der Waals surface area contributed by atoms with Gasteiger partial charge < -0.3 is 5.32 Å². The Morgan fingerprint density at radius 2 is 1.68 bits per heavy atom. The Balaban J connectivity index is 2.43. The number of hydrogen-bond acceptors (Lipinski definition) is 1. The molecule has 0 saturated carbocycles. The molecule has 1 nitrogen and oxygen atoms in total. The summed E-state index contributed by atoms with van der Waals surface area (Å²) in [5.41, 5.74) is 1.91. The van der Waals surface area contributed by atoms with Gasteiger partial charge in [0.2, 0.25) is 0 Å². The lowest BCUT2D eigenvalue weighted by molar-refractivity contribution is 0.616. The summed E-state index contributed by atoms with van der Waals surface area (Å²) in [5.74, 6) is -0.284. The Morgan fingerprint density at radius 3 is 2.26 bits per heavy atom. The van der Waals surface area contributed by atoms with Gasteiger partial charge in [0.05, 0.1) is 20.6 Å². The Labute approximate surface area is 129 Å². The number of hydrogen-bond donors (Lipinski definition) is 1. The van der Waals surface area contributed by atoms with Crippen molar-refractivity contribution in [3.8, 4) is 0 Å². The highest BCUT2D eigenvalue weighted by Gasteiger charge is 2.14. The van der Waals surface area contributed by atoms with Gasteiger partial charge in [-0.15, -0.1) is 0 Å². The summed E-state index contributed by atoms with van der Waals surface area (Å²) in [7, 11) is 1.84. The molecule has 0 fully saturated rings. The van der Waals surface area contributed by atoms with Crippen molar-refractivity contribution in [2.24, 2.45) is 0 Å². The number of rotatable bonds is 3. The molecule has 0 aliphatic carbocycles. The minimum Gasteiger partial charge on any atom is -0.309 e. The van der Waals surface area contributed by atoms with Crippen LogP contribution >= 0.6 is 39.1 Å². The molecule has 0 heterocycles. The molecule has 0 aliphatic heterocycles. The van der Waals surface area contributed by atoms with E-state index in [1.807, 2.05) is 19.2 Å². The maximum atomic E-state index is 13.3. The summed E-state index contributed by atoms with van der Waals surface area (Å²) in [6.07, 6.45) is 0. The van der Waals surface area contributed by atoms with Crippen LogP contribution in [0.4, 0.5) is 4.39 Å². The van der Waals surface area contributed by atoms with E-state index in [2.05, 4.69) is 21.2 Å². The Morgan fingerprint density at radius 1 is 1.05 bits per heavy atom. The second kappa shape index (κ2) is 6.23. The van der Waals surface area contributed by atoms with E-state index in [4.69, 9.17) is 23.2 Å². The van der Waals surface area contributed by atoms with Crippen molar-refractivity contribution in [1.29, 1.82) is 0 Å². The van der Waals surface area contributed by atoms with Gasteiger partial charge in [-0.3, -0.25) is 0 Å². The second-order valence-electron chi connectivity index (χ2n) is 4.07. The topological polar surface area (TPSA) is 12.0 Å². The van der Waals surface area contributed by atoms with Crippen LogP contribution in [0.5, 0.6) is 0 Å². The van der Waals surface area contributed by atoms with E-state index in [1.165, 1.54) is 6.07 Å². The van der Waals surface area contributed by atoms with Gasteiger partial charge in [-0.1, -0.05) is 35.3 Å². The van der Waals surface area contributed by atoms with Crippen LogP contribution in [0.3, 0.4) is 0 Å². The molecule has 0 radical (unpaired) electrons. The van der Waals surface area contributed by atoms with Gasteiger partial charge in [0.15, 0.2) is 0 Å². The first-order valence-electron chi connectivity index (χ1n) is 5.60. The Hall–Kier alpha value is -0.610. The maximum Gasteiger partial charge on any atom is 0.137 e. The molecule has 0 bridgehead atoms. The van der Waals surface area contributed by atoms with Gasteiger partial charge in [0, 0.05) is 0 Å². The average Bonchev–Trinajstić information content (AvgIpc) is 2.39. The van der Waals surface area contributed by atoms with Crippen LogP contribution in [0, 0.1) is 5.82 Å². The van der Waals surface area contributed by atoms with E-state index < -0.39 is 0 Å². The smallest absolute Gasteiger partial charge is 0.137 e. The fourth-order valence-electron chi connectivity index (χ4n) is 1.91. The summed E-state index contributed by atoms with van der Waals surface area (Å²) in [5, 5.41) is 4.20. The monoisotopic (exact) mass is 361 g/mol. The molecule has 2 rings (SSSR count). The van der Waals surface area contributed by atoms with Crippen LogP contribution in [0.25, 0.3) is 0 Å². The highest BCUT2D eigenvalue weighted by molar-refractivity contribution is 9.10. The first-order chi connectivity index (χ1) is 9.02. The van der Waals surface area contributed by atoms with Gasteiger partial charge in [-0.25, -0.2) is 4.39 Å². The molecule has 100 valence electrons. The molecule has 0 spiro atoms. The molecule has 5 heteroatoms. The van der Waals surface area contributed by atoms with Crippen molar-refractivity contribution in [1.82, 2.24) is 5.32 Å². The maximum absolute atomic E-state index is 13.3. The first-order valence-corrected chi connectivity index (χ1v) is 7.15.